The summed E-state index contributed by atoms with van der Waals surface area (Å²) in [6.45, 7) is 12.1. The summed E-state index contributed by atoms with van der Waals surface area (Å²) in [5.74, 6) is 1.76. The highest BCUT2D eigenvalue weighted by Gasteiger charge is 2.26. The van der Waals surface area contributed by atoms with Gasteiger partial charge < -0.3 is 15.7 Å². The summed E-state index contributed by atoms with van der Waals surface area (Å²) in [7, 11) is 0. The van der Waals surface area contributed by atoms with Crippen molar-refractivity contribution in [1.82, 2.24) is 9.97 Å². The van der Waals surface area contributed by atoms with Crippen LogP contribution in [-0.4, -0.2) is 32.8 Å². The number of anilines is 2. The summed E-state index contributed by atoms with van der Waals surface area (Å²) >= 11 is 0. The first-order chi connectivity index (χ1) is 10.3. The molecule has 22 heavy (non-hydrogen) atoms. The minimum Gasteiger partial charge on any atom is -0.393 e. The van der Waals surface area contributed by atoms with Gasteiger partial charge in [-0.3, -0.25) is 0 Å². The summed E-state index contributed by atoms with van der Waals surface area (Å²) in [5.41, 5.74) is 0.788. The molecule has 3 N–H and O–H groups in total. The number of aliphatic hydroxyl groups is 1. The van der Waals surface area contributed by atoms with Crippen LogP contribution in [0.3, 0.4) is 0 Å². The van der Waals surface area contributed by atoms with Gasteiger partial charge in [0.15, 0.2) is 0 Å². The van der Waals surface area contributed by atoms with Crippen molar-refractivity contribution in [3.8, 4) is 0 Å². The van der Waals surface area contributed by atoms with Crippen LogP contribution >= 0.6 is 0 Å². The largest absolute Gasteiger partial charge is 0.393 e. The maximum atomic E-state index is 10.1. The molecule has 0 aromatic carbocycles. The van der Waals surface area contributed by atoms with Crippen molar-refractivity contribution in [2.24, 2.45) is 5.92 Å². The van der Waals surface area contributed by atoms with Crippen LogP contribution in [0, 0.1) is 5.92 Å². The van der Waals surface area contributed by atoms with Crippen LogP contribution in [0.2, 0.25) is 0 Å². The Morgan fingerprint density at radius 1 is 1.36 bits per heavy atom. The third kappa shape index (κ3) is 4.44. The van der Waals surface area contributed by atoms with E-state index in [0.29, 0.717) is 11.9 Å². The predicted octanol–water partition coefficient (Wildman–Crippen LogP) is 3.29. The molecule has 122 valence electrons. The summed E-state index contributed by atoms with van der Waals surface area (Å²) in [6.07, 6.45) is 6.11. The molecule has 0 aliphatic heterocycles. The van der Waals surface area contributed by atoms with Crippen LogP contribution in [0.15, 0.2) is 12.8 Å². The lowest BCUT2D eigenvalue weighted by Crippen LogP contribution is -2.35. The van der Waals surface area contributed by atoms with Gasteiger partial charge in [0.2, 0.25) is 5.95 Å². The molecule has 1 aliphatic rings. The van der Waals surface area contributed by atoms with Gasteiger partial charge in [-0.1, -0.05) is 19.6 Å². The molecule has 1 heterocycles. The van der Waals surface area contributed by atoms with Crippen LogP contribution in [0.25, 0.3) is 6.08 Å². The van der Waals surface area contributed by atoms with Gasteiger partial charge in [-0.05, 0) is 46.0 Å². The standard InChI is InChI=1S/C17H28N4O/c1-6-12-10-18-16(21-17(3,4)5)20-15(12)19-13-8-7-11(2)14(22)9-13/h6,10-11,13-14,22H,1,7-9H2,2-5H3,(H2,18,19,20,21)/t11-,13?,14?/m1/s1. The van der Waals surface area contributed by atoms with Crippen molar-refractivity contribution in [1.29, 1.82) is 0 Å². The smallest absolute Gasteiger partial charge is 0.225 e. The molecule has 1 aliphatic carbocycles. The highest BCUT2D eigenvalue weighted by Crippen LogP contribution is 2.27. The van der Waals surface area contributed by atoms with E-state index in [1.165, 1.54) is 0 Å². The molecule has 3 atom stereocenters. The van der Waals surface area contributed by atoms with Crippen LogP contribution in [0.1, 0.15) is 52.5 Å². The molecule has 1 saturated carbocycles. The van der Waals surface area contributed by atoms with Crippen LogP contribution in [-0.2, 0) is 0 Å². The van der Waals surface area contributed by atoms with Crippen molar-refractivity contribution in [3.63, 3.8) is 0 Å². The molecular weight excluding hydrogens is 276 g/mol. The number of hydrogen-bond acceptors (Lipinski definition) is 5. The van der Waals surface area contributed by atoms with Crippen LogP contribution in [0.5, 0.6) is 0 Å². The minimum absolute atomic E-state index is 0.0938. The molecule has 0 bridgehead atoms. The Balaban J connectivity index is 2.14. The quantitative estimate of drug-likeness (QED) is 0.796. The summed E-state index contributed by atoms with van der Waals surface area (Å²) < 4.78 is 0. The van der Waals surface area contributed by atoms with E-state index >= 15 is 0 Å². The second kappa shape index (κ2) is 6.65. The van der Waals surface area contributed by atoms with Crippen molar-refractivity contribution < 1.29 is 5.11 Å². The van der Waals surface area contributed by atoms with E-state index in [1.807, 2.05) is 0 Å². The first-order valence-corrected chi connectivity index (χ1v) is 8.01. The summed E-state index contributed by atoms with van der Waals surface area (Å²) in [5, 5.41) is 16.8. The number of nitrogens with zero attached hydrogens (tertiary/aromatic N) is 2. The van der Waals surface area contributed by atoms with Crippen LogP contribution in [0.4, 0.5) is 11.8 Å². The lowest BCUT2D eigenvalue weighted by Gasteiger charge is -2.32. The SMILES string of the molecule is C=Cc1cnc(NC(C)(C)C)nc1NC1CC[C@@H](C)C(O)C1. The zero-order valence-electron chi connectivity index (χ0n) is 14.1. The molecule has 1 aromatic heterocycles. The normalized spacial score (nSPS) is 25.6. The number of rotatable bonds is 4. The fourth-order valence-electron chi connectivity index (χ4n) is 2.67. The minimum atomic E-state index is -0.243. The molecular formula is C17H28N4O. The first kappa shape index (κ1) is 16.7. The number of hydrogen-bond donors (Lipinski definition) is 3. The topological polar surface area (TPSA) is 70.1 Å². The third-order valence-electron chi connectivity index (χ3n) is 4.02. The number of nitrogens with one attached hydrogen (secondary N) is 2. The van der Waals surface area contributed by atoms with Gasteiger partial charge in [0, 0.05) is 23.3 Å². The van der Waals surface area contributed by atoms with E-state index < -0.39 is 0 Å². The fraction of sp³-hybridized carbons (Fsp3) is 0.647. The highest BCUT2D eigenvalue weighted by molar-refractivity contribution is 5.62. The first-order valence-electron chi connectivity index (χ1n) is 8.01. The molecule has 5 heteroatoms. The van der Waals surface area contributed by atoms with Crippen molar-refractivity contribution >= 4 is 17.8 Å². The van der Waals surface area contributed by atoms with E-state index in [2.05, 4.69) is 54.9 Å². The molecule has 1 fully saturated rings. The molecule has 0 radical (unpaired) electrons. The molecule has 1 aromatic rings. The van der Waals surface area contributed by atoms with Gasteiger partial charge in [0.1, 0.15) is 5.82 Å². The molecule has 0 amide bonds. The Morgan fingerprint density at radius 3 is 2.68 bits per heavy atom. The highest BCUT2D eigenvalue weighted by atomic mass is 16.3. The van der Waals surface area contributed by atoms with E-state index in [1.54, 1.807) is 12.3 Å². The Hall–Kier alpha value is -1.62. The Bertz CT molecular complexity index is 524. The van der Waals surface area contributed by atoms with E-state index in [-0.39, 0.29) is 17.7 Å². The van der Waals surface area contributed by atoms with E-state index in [9.17, 15) is 5.11 Å². The summed E-state index contributed by atoms with van der Waals surface area (Å²) in [6, 6.07) is 0.238. The summed E-state index contributed by atoms with van der Waals surface area (Å²) in [4.78, 5) is 8.91. The molecule has 0 spiro atoms. The lowest BCUT2D eigenvalue weighted by molar-refractivity contribution is 0.0739. The lowest BCUT2D eigenvalue weighted by atomic mass is 9.85. The fourth-order valence-corrected chi connectivity index (χ4v) is 2.67. The average Bonchev–Trinajstić information content (AvgIpc) is 2.41. The second-order valence-electron chi connectivity index (χ2n) is 7.28. The van der Waals surface area contributed by atoms with E-state index in [4.69, 9.17) is 0 Å². The third-order valence-corrected chi connectivity index (χ3v) is 4.02. The molecule has 0 saturated heterocycles. The van der Waals surface area contributed by atoms with Crippen LogP contribution < -0.4 is 10.6 Å². The second-order valence-corrected chi connectivity index (χ2v) is 7.28. The van der Waals surface area contributed by atoms with Gasteiger partial charge in [-0.2, -0.15) is 4.98 Å². The van der Waals surface area contributed by atoms with Crippen molar-refractivity contribution in [2.45, 2.75) is 64.6 Å². The van der Waals surface area contributed by atoms with Crippen molar-refractivity contribution in [3.05, 3.63) is 18.3 Å². The zero-order chi connectivity index (χ0) is 16.3. The Kier molecular flexibility index (Phi) is 5.06. The monoisotopic (exact) mass is 304 g/mol. The Labute approximate surface area is 133 Å². The van der Waals surface area contributed by atoms with Gasteiger partial charge in [0.05, 0.1) is 6.10 Å². The number of aromatic nitrogens is 2. The van der Waals surface area contributed by atoms with Gasteiger partial charge >= 0.3 is 0 Å². The van der Waals surface area contributed by atoms with Gasteiger partial charge in [-0.15, -0.1) is 0 Å². The molecule has 5 nitrogen and oxygen atoms in total. The maximum absolute atomic E-state index is 10.1. The predicted molar refractivity (Wildman–Crippen MR) is 91.9 cm³/mol. The molecule has 2 unspecified atom stereocenters. The number of aliphatic hydroxyl groups excluding tert-OH is 1. The van der Waals surface area contributed by atoms with E-state index in [0.717, 1.165) is 30.6 Å². The Morgan fingerprint density at radius 2 is 2.09 bits per heavy atom. The maximum Gasteiger partial charge on any atom is 0.225 e. The van der Waals surface area contributed by atoms with Gasteiger partial charge in [-0.25, -0.2) is 4.98 Å². The van der Waals surface area contributed by atoms with Gasteiger partial charge in [0.25, 0.3) is 0 Å². The van der Waals surface area contributed by atoms with Crippen molar-refractivity contribution in [2.75, 3.05) is 10.6 Å². The average molecular weight is 304 g/mol. The molecule has 2 rings (SSSR count). The zero-order valence-corrected chi connectivity index (χ0v) is 14.1.